The fraction of sp³-hybridized carbons (Fsp3) is 0.409. The number of carbonyl (C=O) groups is 1. The molecular weight excluding hydrogens is 340 g/mol. The van der Waals surface area contributed by atoms with Crippen molar-refractivity contribution in [2.24, 2.45) is 0 Å². The molecule has 5 heteroatoms. The molecule has 27 heavy (non-hydrogen) atoms. The van der Waals surface area contributed by atoms with Gasteiger partial charge in [0.05, 0.1) is 6.04 Å². The van der Waals surface area contributed by atoms with Gasteiger partial charge in [-0.25, -0.2) is 0 Å². The van der Waals surface area contributed by atoms with Gasteiger partial charge in [-0.1, -0.05) is 38.1 Å². The van der Waals surface area contributed by atoms with E-state index in [1.165, 1.54) is 5.56 Å². The van der Waals surface area contributed by atoms with Crippen LogP contribution in [0.25, 0.3) is 0 Å². The lowest BCUT2D eigenvalue weighted by Crippen LogP contribution is -2.46. The van der Waals surface area contributed by atoms with E-state index in [0.717, 1.165) is 17.2 Å². The monoisotopic (exact) mass is 368 g/mol. The summed E-state index contributed by atoms with van der Waals surface area (Å²) in [7, 11) is 1.93. The second-order valence-electron chi connectivity index (χ2n) is 7.38. The largest absolute Gasteiger partial charge is 0.486 e. The van der Waals surface area contributed by atoms with Gasteiger partial charge in [0.1, 0.15) is 12.7 Å². The van der Waals surface area contributed by atoms with Crippen molar-refractivity contribution in [1.82, 2.24) is 4.90 Å². The molecule has 0 unspecified atom stereocenters. The van der Waals surface area contributed by atoms with Crippen LogP contribution in [0.4, 0.5) is 5.69 Å². The first-order valence-corrected chi connectivity index (χ1v) is 9.43. The van der Waals surface area contributed by atoms with E-state index in [1.54, 1.807) is 0 Å². The van der Waals surface area contributed by atoms with Crippen molar-refractivity contribution in [3.05, 3.63) is 54.1 Å². The average molecular weight is 368 g/mol. The molecule has 0 aliphatic carbocycles. The quantitative estimate of drug-likeness (QED) is 0.840. The van der Waals surface area contributed by atoms with Crippen molar-refractivity contribution in [3.63, 3.8) is 0 Å². The van der Waals surface area contributed by atoms with Gasteiger partial charge in [0, 0.05) is 12.2 Å². The Morgan fingerprint density at radius 1 is 1.11 bits per heavy atom. The number of anilines is 1. The third-order valence-electron chi connectivity index (χ3n) is 4.94. The number of amides is 1. The third-order valence-corrected chi connectivity index (χ3v) is 4.94. The van der Waals surface area contributed by atoms with Crippen molar-refractivity contribution in [3.8, 4) is 11.5 Å². The maximum absolute atomic E-state index is 12.6. The van der Waals surface area contributed by atoms with Crippen molar-refractivity contribution in [2.45, 2.75) is 38.8 Å². The van der Waals surface area contributed by atoms with E-state index in [0.29, 0.717) is 19.1 Å². The highest BCUT2D eigenvalue weighted by Gasteiger charge is 2.26. The predicted molar refractivity (Wildman–Crippen MR) is 108 cm³/mol. The summed E-state index contributed by atoms with van der Waals surface area (Å²) >= 11 is 0. The number of hydrogen-bond acceptors (Lipinski definition) is 4. The van der Waals surface area contributed by atoms with Gasteiger partial charge in [-0.05, 0) is 49.7 Å². The molecule has 1 heterocycles. The Balaban J connectivity index is 1.53. The highest BCUT2D eigenvalue weighted by Crippen LogP contribution is 2.31. The van der Waals surface area contributed by atoms with Crippen molar-refractivity contribution < 1.29 is 14.3 Å². The maximum atomic E-state index is 12.6. The number of para-hydroxylation sites is 2. The molecule has 0 fully saturated rings. The molecule has 1 amide bonds. The van der Waals surface area contributed by atoms with Crippen molar-refractivity contribution in [2.75, 3.05) is 25.5 Å². The van der Waals surface area contributed by atoms with Crippen LogP contribution in [-0.2, 0) is 4.79 Å². The first-order chi connectivity index (χ1) is 12.9. The van der Waals surface area contributed by atoms with E-state index in [1.807, 2.05) is 55.3 Å². The molecule has 1 aliphatic rings. The molecule has 144 valence electrons. The molecule has 0 bridgehead atoms. The van der Waals surface area contributed by atoms with Gasteiger partial charge in [0.25, 0.3) is 0 Å². The summed E-state index contributed by atoms with van der Waals surface area (Å²) in [5.74, 6) is 1.96. The van der Waals surface area contributed by atoms with E-state index in [9.17, 15) is 4.79 Å². The van der Waals surface area contributed by atoms with Gasteiger partial charge >= 0.3 is 0 Å². The van der Waals surface area contributed by atoms with E-state index in [-0.39, 0.29) is 18.1 Å². The molecule has 1 N–H and O–H groups in total. The fourth-order valence-electron chi connectivity index (χ4n) is 3.03. The molecule has 2 atom stereocenters. The zero-order chi connectivity index (χ0) is 19.4. The van der Waals surface area contributed by atoms with Crippen LogP contribution in [0.5, 0.6) is 11.5 Å². The summed E-state index contributed by atoms with van der Waals surface area (Å²) in [6, 6.07) is 15.4. The average Bonchev–Trinajstić information content (AvgIpc) is 2.67. The van der Waals surface area contributed by atoms with Gasteiger partial charge in [-0.3, -0.25) is 9.69 Å². The number of ether oxygens (including phenoxy) is 2. The third kappa shape index (κ3) is 4.80. The minimum atomic E-state index is -0.282. The molecule has 2 aromatic rings. The van der Waals surface area contributed by atoms with Gasteiger partial charge in [-0.15, -0.1) is 0 Å². The Hall–Kier alpha value is -2.53. The zero-order valence-electron chi connectivity index (χ0n) is 16.4. The Morgan fingerprint density at radius 2 is 1.78 bits per heavy atom. The summed E-state index contributed by atoms with van der Waals surface area (Å²) < 4.78 is 11.7. The second kappa shape index (κ2) is 8.44. The molecule has 3 rings (SSSR count). The number of fused-ring (bicyclic) bond motifs is 1. The first-order valence-electron chi connectivity index (χ1n) is 9.43. The van der Waals surface area contributed by atoms with Gasteiger partial charge < -0.3 is 14.8 Å². The van der Waals surface area contributed by atoms with Crippen LogP contribution in [-0.4, -0.2) is 43.2 Å². The smallest absolute Gasteiger partial charge is 0.241 e. The lowest BCUT2D eigenvalue weighted by atomic mass is 10.0. The number of rotatable bonds is 6. The van der Waals surface area contributed by atoms with E-state index < -0.39 is 0 Å². The number of carbonyl (C=O) groups excluding carboxylic acids is 1. The maximum Gasteiger partial charge on any atom is 0.241 e. The van der Waals surface area contributed by atoms with Crippen LogP contribution in [0.1, 0.15) is 32.3 Å². The van der Waals surface area contributed by atoms with Crippen LogP contribution < -0.4 is 14.8 Å². The number of nitrogens with zero attached hydrogens (tertiary/aromatic N) is 1. The second-order valence-corrected chi connectivity index (χ2v) is 7.38. The highest BCUT2D eigenvalue weighted by atomic mass is 16.6. The topological polar surface area (TPSA) is 50.8 Å². The lowest BCUT2D eigenvalue weighted by Gasteiger charge is -2.31. The molecule has 0 radical (unpaired) electrons. The number of likely N-dealkylation sites (N-methyl/N-ethyl adjacent to an activating group) is 1. The summed E-state index contributed by atoms with van der Waals surface area (Å²) in [4.78, 5) is 14.6. The van der Waals surface area contributed by atoms with Crippen molar-refractivity contribution >= 4 is 11.6 Å². The number of hydrogen-bond donors (Lipinski definition) is 1. The summed E-state index contributed by atoms with van der Waals surface area (Å²) in [5, 5.41) is 2.99. The molecular formula is C22H28N2O3. The SMILES string of the molecule is CC(C)c1ccc(NC(=O)[C@@H](C)N(C)C[C@H]2COc3ccccc3O2)cc1. The van der Waals surface area contributed by atoms with E-state index in [4.69, 9.17) is 9.47 Å². The highest BCUT2D eigenvalue weighted by molar-refractivity contribution is 5.94. The van der Waals surface area contributed by atoms with Crippen LogP contribution in [0.3, 0.4) is 0 Å². The van der Waals surface area contributed by atoms with Gasteiger partial charge in [0.2, 0.25) is 5.91 Å². The van der Waals surface area contributed by atoms with Crippen LogP contribution in [0, 0.1) is 0 Å². The number of nitrogens with one attached hydrogen (secondary N) is 1. The number of benzene rings is 2. The molecule has 2 aromatic carbocycles. The standard InChI is InChI=1S/C22H28N2O3/c1-15(2)17-9-11-18(12-10-17)23-22(25)16(3)24(4)13-19-14-26-20-7-5-6-8-21(20)27-19/h5-12,15-16,19H,13-14H2,1-4H3,(H,23,25)/t16-,19+/m1/s1. The predicted octanol–water partition coefficient (Wildman–Crippen LogP) is 3.91. The first kappa shape index (κ1) is 19.2. The lowest BCUT2D eigenvalue weighted by molar-refractivity contribution is -0.120. The summed E-state index contributed by atoms with van der Waals surface area (Å²) in [6.07, 6.45) is -0.106. The van der Waals surface area contributed by atoms with Crippen LogP contribution in [0.15, 0.2) is 48.5 Å². The molecule has 0 saturated heterocycles. The molecule has 5 nitrogen and oxygen atoms in total. The van der Waals surface area contributed by atoms with E-state index in [2.05, 4.69) is 31.3 Å². The summed E-state index contributed by atoms with van der Waals surface area (Å²) in [6.45, 7) is 7.29. The van der Waals surface area contributed by atoms with Crippen LogP contribution in [0.2, 0.25) is 0 Å². The zero-order valence-corrected chi connectivity index (χ0v) is 16.4. The Bertz CT molecular complexity index is 773. The summed E-state index contributed by atoms with van der Waals surface area (Å²) in [5.41, 5.74) is 2.07. The van der Waals surface area contributed by atoms with Gasteiger partial charge in [0.15, 0.2) is 11.5 Å². The Labute approximate surface area is 161 Å². The Morgan fingerprint density at radius 3 is 2.44 bits per heavy atom. The molecule has 0 saturated carbocycles. The van der Waals surface area contributed by atoms with E-state index >= 15 is 0 Å². The molecule has 0 spiro atoms. The van der Waals surface area contributed by atoms with Crippen LogP contribution >= 0.6 is 0 Å². The minimum Gasteiger partial charge on any atom is -0.486 e. The Kier molecular flexibility index (Phi) is 6.01. The fourth-order valence-corrected chi connectivity index (χ4v) is 3.03. The molecule has 1 aliphatic heterocycles. The normalized spacial score (nSPS) is 17.0. The minimum absolute atomic E-state index is 0.0353. The van der Waals surface area contributed by atoms with Gasteiger partial charge in [-0.2, -0.15) is 0 Å². The molecule has 0 aromatic heterocycles. The van der Waals surface area contributed by atoms with Crippen molar-refractivity contribution in [1.29, 1.82) is 0 Å².